The number of rotatable bonds is 20. The summed E-state index contributed by atoms with van der Waals surface area (Å²) in [4.78, 5) is 42.4. The van der Waals surface area contributed by atoms with Crippen LogP contribution in [-0.2, 0) is 25.5 Å². The summed E-state index contributed by atoms with van der Waals surface area (Å²) in [5.41, 5.74) is 12.9. The SMILES string of the molecule is CC.CCC(C)CCC(CC)(CC)NC(=O)C(C)CC.CCC(C)c1c(NC(=O)/C(=C/CN)C(=O)NC)cccc1-c1cccc(-c2cc3c(c(OC)n2)C(C)CC3)c1Cl.CCCOC. The average Bonchev–Trinajstić information content (AvgIpc) is 3.71. The van der Waals surface area contributed by atoms with Crippen molar-refractivity contribution in [2.24, 2.45) is 17.6 Å². The Morgan fingerprint density at radius 1 is 0.923 bits per heavy atom. The van der Waals surface area contributed by atoms with Gasteiger partial charge in [-0.3, -0.25) is 14.4 Å². The third-order valence-corrected chi connectivity index (χ3v) is 13.1. The van der Waals surface area contributed by atoms with Gasteiger partial charge in [0.25, 0.3) is 11.8 Å². The molecule has 1 heterocycles. The maximum atomic E-state index is 13.2. The molecule has 0 fully saturated rings. The van der Waals surface area contributed by atoms with Crippen LogP contribution in [0.5, 0.6) is 5.88 Å². The van der Waals surface area contributed by atoms with E-state index < -0.39 is 11.8 Å². The molecule has 1 aliphatic carbocycles. The third kappa shape index (κ3) is 16.8. The summed E-state index contributed by atoms with van der Waals surface area (Å²) in [7, 11) is 4.85. The number of anilines is 1. The molecule has 1 aromatic heterocycles. The molecule has 0 bridgehead atoms. The van der Waals surface area contributed by atoms with Gasteiger partial charge in [0.1, 0.15) is 5.57 Å². The number of carbonyl (C=O) groups excluding carboxylic acids is 3. The minimum Gasteiger partial charge on any atom is -0.481 e. The molecule has 364 valence electrons. The molecule has 4 atom stereocenters. The molecule has 3 aromatic rings. The maximum absolute atomic E-state index is 13.2. The van der Waals surface area contributed by atoms with E-state index in [-0.39, 0.29) is 35.4 Å². The van der Waals surface area contributed by atoms with E-state index in [0.29, 0.717) is 22.5 Å². The smallest absolute Gasteiger partial charge is 0.260 e. The van der Waals surface area contributed by atoms with Gasteiger partial charge in [-0.2, -0.15) is 0 Å². The van der Waals surface area contributed by atoms with E-state index in [0.717, 1.165) is 91.8 Å². The summed E-state index contributed by atoms with van der Waals surface area (Å²) < 4.78 is 10.4. The van der Waals surface area contributed by atoms with Crippen molar-refractivity contribution in [3.63, 3.8) is 0 Å². The molecule has 1 aliphatic rings. The number of carbonyl (C=O) groups is 3. The van der Waals surface area contributed by atoms with E-state index in [9.17, 15) is 14.4 Å². The van der Waals surface area contributed by atoms with Crippen LogP contribution in [0.3, 0.4) is 0 Å². The number of halogens is 1. The van der Waals surface area contributed by atoms with Crippen LogP contribution in [-0.4, -0.2) is 62.7 Å². The summed E-state index contributed by atoms with van der Waals surface area (Å²) in [6, 6.07) is 13.8. The highest BCUT2D eigenvalue weighted by Crippen LogP contribution is 2.45. The quantitative estimate of drug-likeness (QED) is 0.0502. The van der Waals surface area contributed by atoms with Crippen LogP contribution < -0.4 is 26.4 Å². The van der Waals surface area contributed by atoms with Gasteiger partial charge in [0.2, 0.25) is 11.8 Å². The zero-order chi connectivity index (χ0) is 49.3. The molecule has 0 spiro atoms. The Bertz CT molecular complexity index is 1940. The Labute approximate surface area is 399 Å². The Hall–Kier alpha value is -4.25. The second-order valence-electron chi connectivity index (χ2n) is 17.0. The number of aryl methyl sites for hydroxylation is 1. The molecule has 0 saturated carbocycles. The van der Waals surface area contributed by atoms with Gasteiger partial charge in [-0.1, -0.05) is 138 Å². The molecule has 3 amide bonds. The first-order valence-corrected chi connectivity index (χ1v) is 24.7. The standard InChI is InChI=1S/C32H37ClN4O3.C16H33NO.C4H10O.C2H6/c1-6-18(2)28-21(9-8-12-25(28)36-31(39)24(15-16-34)30(38)35-4)22-10-7-11-23(29(22)33)26-17-20-14-13-19(3)27(20)32(37-26)40-5;1-7-13(5)11-12-16(9-3,10-4)17-15(18)14(6)8-2;1-3-4-5-2;1-2/h7-12,15,17-19H,6,13-14,16,34H2,1-5H3,(H,35,38)(H,36,39);13-14H,7-12H2,1-6H3,(H,17,18);3-4H2,1-2H3;1-2H3/b24-15+;;;. The van der Waals surface area contributed by atoms with Gasteiger partial charge in [0, 0.05) is 61.1 Å². The van der Waals surface area contributed by atoms with Crippen LogP contribution in [0.2, 0.25) is 5.02 Å². The molecular formula is C54H86ClN5O5. The van der Waals surface area contributed by atoms with E-state index >= 15 is 0 Å². The molecule has 11 heteroatoms. The first-order valence-electron chi connectivity index (χ1n) is 24.4. The summed E-state index contributed by atoms with van der Waals surface area (Å²) in [6.07, 6.45) is 11.9. The number of likely N-dealkylation sites (N-methyl/N-ethyl adjacent to an activating group) is 1. The van der Waals surface area contributed by atoms with Crippen molar-refractivity contribution in [3.8, 4) is 28.3 Å². The molecule has 0 saturated heterocycles. The Balaban J connectivity index is 0.000000703. The monoisotopic (exact) mass is 920 g/mol. The van der Waals surface area contributed by atoms with Gasteiger partial charge in [0.05, 0.1) is 17.8 Å². The summed E-state index contributed by atoms with van der Waals surface area (Å²) in [5.74, 6) is 1.25. The molecule has 2 aromatic carbocycles. The zero-order valence-electron chi connectivity index (χ0n) is 42.9. The molecule has 10 nitrogen and oxygen atoms in total. The topological polar surface area (TPSA) is 145 Å². The minimum absolute atomic E-state index is 0.0178. The van der Waals surface area contributed by atoms with Crippen molar-refractivity contribution < 1.29 is 23.9 Å². The van der Waals surface area contributed by atoms with Gasteiger partial charge < -0.3 is 31.2 Å². The van der Waals surface area contributed by atoms with E-state index in [1.807, 2.05) is 57.2 Å². The van der Waals surface area contributed by atoms with Crippen molar-refractivity contribution in [2.75, 3.05) is 39.7 Å². The number of fused-ring (bicyclic) bond motifs is 1. The molecule has 0 radical (unpaired) electrons. The molecule has 0 aliphatic heterocycles. The number of benzene rings is 2. The van der Waals surface area contributed by atoms with Crippen LogP contribution in [0, 0.1) is 11.8 Å². The van der Waals surface area contributed by atoms with E-state index in [2.05, 4.69) is 84.3 Å². The highest BCUT2D eigenvalue weighted by atomic mass is 35.5. The highest BCUT2D eigenvalue weighted by molar-refractivity contribution is 6.36. The average molecular weight is 921 g/mol. The van der Waals surface area contributed by atoms with Crippen molar-refractivity contribution in [3.05, 3.63) is 75.8 Å². The van der Waals surface area contributed by atoms with Crippen molar-refractivity contribution in [2.45, 2.75) is 165 Å². The molecule has 65 heavy (non-hydrogen) atoms. The second-order valence-corrected chi connectivity index (χ2v) is 17.4. The molecule has 4 rings (SSSR count). The Morgan fingerprint density at radius 2 is 1.55 bits per heavy atom. The normalized spacial score (nSPS) is 14.4. The fraction of sp³-hybridized carbons (Fsp3) is 0.593. The number of amides is 3. The van der Waals surface area contributed by atoms with Crippen LogP contribution in [0.25, 0.3) is 22.4 Å². The van der Waals surface area contributed by atoms with Crippen LogP contribution in [0.1, 0.15) is 169 Å². The third-order valence-electron chi connectivity index (χ3n) is 12.7. The lowest BCUT2D eigenvalue weighted by atomic mass is 9.84. The fourth-order valence-corrected chi connectivity index (χ4v) is 8.11. The predicted molar refractivity (Wildman–Crippen MR) is 275 cm³/mol. The fourth-order valence-electron chi connectivity index (χ4n) is 7.78. The van der Waals surface area contributed by atoms with E-state index in [1.54, 1.807) is 14.2 Å². The lowest BCUT2D eigenvalue weighted by Crippen LogP contribution is -2.49. The number of methoxy groups -OCH3 is 2. The van der Waals surface area contributed by atoms with Crippen LogP contribution >= 0.6 is 11.6 Å². The van der Waals surface area contributed by atoms with Crippen molar-refractivity contribution in [1.82, 2.24) is 15.6 Å². The number of nitrogens with two attached hydrogens (primary N) is 1. The number of nitrogens with zero attached hydrogens (tertiary/aromatic N) is 1. The zero-order valence-corrected chi connectivity index (χ0v) is 43.6. The van der Waals surface area contributed by atoms with Gasteiger partial charge in [-0.25, -0.2) is 4.98 Å². The number of hydrogen-bond donors (Lipinski definition) is 4. The van der Waals surface area contributed by atoms with Gasteiger partial charge >= 0.3 is 0 Å². The number of aromatic nitrogens is 1. The van der Waals surface area contributed by atoms with Crippen molar-refractivity contribution >= 4 is 35.0 Å². The van der Waals surface area contributed by atoms with Gasteiger partial charge in [-0.05, 0) is 104 Å². The summed E-state index contributed by atoms with van der Waals surface area (Å²) in [5, 5.41) is 9.35. The maximum Gasteiger partial charge on any atom is 0.260 e. The van der Waals surface area contributed by atoms with Crippen molar-refractivity contribution in [1.29, 1.82) is 0 Å². The largest absolute Gasteiger partial charge is 0.481 e. The molecular weight excluding hydrogens is 834 g/mol. The summed E-state index contributed by atoms with van der Waals surface area (Å²) in [6.45, 7) is 26.5. The molecule has 5 N–H and O–H groups in total. The first kappa shape index (κ1) is 58.8. The van der Waals surface area contributed by atoms with E-state index in [4.69, 9.17) is 31.8 Å². The number of hydrogen-bond acceptors (Lipinski definition) is 7. The van der Waals surface area contributed by atoms with Crippen LogP contribution in [0.15, 0.2) is 54.1 Å². The lowest BCUT2D eigenvalue weighted by Gasteiger charge is -2.35. The van der Waals surface area contributed by atoms with Gasteiger partial charge in [-0.15, -0.1) is 0 Å². The number of nitrogens with one attached hydrogen (secondary N) is 3. The van der Waals surface area contributed by atoms with E-state index in [1.165, 1.54) is 37.1 Å². The predicted octanol–water partition coefficient (Wildman–Crippen LogP) is 12.8. The Kier molecular flexibility index (Phi) is 27.9. The van der Waals surface area contributed by atoms with Gasteiger partial charge in [0.15, 0.2) is 0 Å². The number of pyridine rings is 1. The number of ether oxygens (including phenoxy) is 2. The van der Waals surface area contributed by atoms with Crippen LogP contribution in [0.4, 0.5) is 5.69 Å². The first-order chi connectivity index (χ1) is 31.1. The Morgan fingerprint density at radius 3 is 2.08 bits per heavy atom. The highest BCUT2D eigenvalue weighted by Gasteiger charge is 2.30. The second kappa shape index (κ2) is 30.9. The minimum atomic E-state index is -0.519. The summed E-state index contributed by atoms with van der Waals surface area (Å²) >= 11 is 7.14. The lowest BCUT2D eigenvalue weighted by molar-refractivity contribution is -0.127. The molecule has 4 unspecified atom stereocenters.